The van der Waals surface area contributed by atoms with Crippen LogP contribution in [0.4, 0.5) is 0 Å². The van der Waals surface area contributed by atoms with E-state index < -0.39 is 0 Å². The molecule has 76 valence electrons. The van der Waals surface area contributed by atoms with Crippen molar-refractivity contribution < 1.29 is 0 Å². The predicted octanol–water partition coefficient (Wildman–Crippen LogP) is 0.805. The smallest absolute Gasteiger partial charge is 0.00750 e. The van der Waals surface area contributed by atoms with Gasteiger partial charge < -0.3 is 16.8 Å². The molecule has 0 aliphatic rings. The fourth-order valence-corrected chi connectivity index (χ4v) is 0.329. The van der Waals surface area contributed by atoms with Crippen molar-refractivity contribution >= 4 is 67.9 Å². The Labute approximate surface area is 110 Å². The maximum atomic E-state index is 5.17. The monoisotopic (exact) mass is 423 g/mol. The minimum Gasteiger partial charge on any atom is -0.329 e. The van der Waals surface area contributed by atoms with Crippen LogP contribution in [0.1, 0.15) is 0 Å². The molecule has 0 atom stereocenters. The van der Waals surface area contributed by atoms with Gasteiger partial charge in [0.15, 0.2) is 0 Å². The van der Waals surface area contributed by atoms with E-state index in [0.717, 1.165) is 13.1 Å². The molecule has 0 aromatic rings. The summed E-state index contributed by atoms with van der Waals surface area (Å²) in [5, 5.41) is 3.03. The molecule has 0 saturated carbocycles. The van der Waals surface area contributed by atoms with Crippen LogP contribution in [-0.4, -0.2) is 26.2 Å². The van der Waals surface area contributed by atoms with Crippen molar-refractivity contribution in [2.24, 2.45) is 11.5 Å². The van der Waals surface area contributed by atoms with Crippen molar-refractivity contribution in [1.82, 2.24) is 5.32 Å². The summed E-state index contributed by atoms with van der Waals surface area (Å²) in [6, 6.07) is 0. The molecule has 7 heteroatoms. The summed E-state index contributed by atoms with van der Waals surface area (Å²) in [4.78, 5) is 0. The molecule has 0 aliphatic carbocycles. The van der Waals surface area contributed by atoms with Crippen molar-refractivity contribution in [2.75, 3.05) is 26.2 Å². The second kappa shape index (κ2) is 29.8. The summed E-state index contributed by atoms with van der Waals surface area (Å²) in [6.07, 6.45) is 0. The Morgan fingerprint density at radius 3 is 1.18 bits per heavy atom. The summed E-state index contributed by atoms with van der Waals surface area (Å²) in [6.45, 7) is 3.13. The Morgan fingerprint density at radius 2 is 1.00 bits per heavy atom. The van der Waals surface area contributed by atoms with Gasteiger partial charge >= 0.3 is 0 Å². The molecule has 0 bridgehead atoms. The SMILES string of the molecule is Br.Br.Br.Br.NCCNCCN. The highest BCUT2D eigenvalue weighted by atomic mass is 79.9. The standard InChI is InChI=1S/C4H13N3.4BrH/c5-1-3-7-4-2-6;;;;/h7H,1-6H2;4*1H. The lowest BCUT2D eigenvalue weighted by molar-refractivity contribution is 0.696. The Bertz CT molecular complexity index is 36.5. The van der Waals surface area contributed by atoms with E-state index >= 15 is 0 Å². The lowest BCUT2D eigenvalue weighted by Gasteiger charge is -1.95. The molecular formula is C4H17Br4N3. The zero-order valence-electron chi connectivity index (χ0n) is 6.12. The highest BCUT2D eigenvalue weighted by Gasteiger charge is 1.76. The van der Waals surface area contributed by atoms with E-state index in [1.807, 2.05) is 0 Å². The Morgan fingerprint density at radius 1 is 0.727 bits per heavy atom. The van der Waals surface area contributed by atoms with Crippen LogP contribution in [0.25, 0.3) is 0 Å². The second-order valence-corrected chi connectivity index (χ2v) is 1.33. The average Bonchev–Trinajstić information content (AvgIpc) is 1.69. The molecule has 0 saturated heterocycles. The first kappa shape index (κ1) is 29.3. The predicted molar refractivity (Wildman–Crippen MR) is 72.3 cm³/mol. The van der Waals surface area contributed by atoms with Crippen LogP contribution in [0.2, 0.25) is 0 Å². The van der Waals surface area contributed by atoms with Gasteiger partial charge in [-0.3, -0.25) is 0 Å². The number of hydrogen-bond acceptors (Lipinski definition) is 3. The number of nitrogens with two attached hydrogens (primary N) is 2. The molecule has 0 spiro atoms. The maximum absolute atomic E-state index is 5.17. The summed E-state index contributed by atoms with van der Waals surface area (Å²) in [5.74, 6) is 0. The van der Waals surface area contributed by atoms with E-state index in [4.69, 9.17) is 11.5 Å². The first-order valence-electron chi connectivity index (χ1n) is 2.52. The number of hydrogen-bond donors (Lipinski definition) is 3. The van der Waals surface area contributed by atoms with E-state index in [-0.39, 0.29) is 67.9 Å². The minimum absolute atomic E-state index is 0. The molecule has 11 heavy (non-hydrogen) atoms. The van der Waals surface area contributed by atoms with E-state index in [1.165, 1.54) is 0 Å². The summed E-state index contributed by atoms with van der Waals surface area (Å²) < 4.78 is 0. The summed E-state index contributed by atoms with van der Waals surface area (Å²) in [5.41, 5.74) is 10.3. The third kappa shape index (κ3) is 33.7. The molecule has 0 unspecified atom stereocenters. The maximum Gasteiger partial charge on any atom is 0.00750 e. The summed E-state index contributed by atoms with van der Waals surface area (Å²) in [7, 11) is 0. The fraction of sp³-hybridized carbons (Fsp3) is 1.00. The van der Waals surface area contributed by atoms with Gasteiger partial charge in [-0.1, -0.05) is 0 Å². The second-order valence-electron chi connectivity index (χ2n) is 1.33. The molecule has 0 heterocycles. The first-order chi connectivity index (χ1) is 3.41. The summed E-state index contributed by atoms with van der Waals surface area (Å²) >= 11 is 0. The molecule has 0 amide bonds. The Balaban J connectivity index is -0.0000000300. The number of halogens is 4. The largest absolute Gasteiger partial charge is 0.329 e. The number of nitrogens with one attached hydrogen (secondary N) is 1. The Kier molecular flexibility index (Phi) is 79.3. The Hall–Kier alpha value is 1.80. The molecule has 0 fully saturated rings. The lowest BCUT2D eigenvalue weighted by atomic mass is 10.6. The third-order valence-electron chi connectivity index (χ3n) is 0.642. The van der Waals surface area contributed by atoms with E-state index in [2.05, 4.69) is 5.32 Å². The lowest BCUT2D eigenvalue weighted by Crippen LogP contribution is -2.27. The van der Waals surface area contributed by atoms with Gasteiger partial charge in [-0.15, -0.1) is 67.9 Å². The van der Waals surface area contributed by atoms with Crippen LogP contribution in [0.15, 0.2) is 0 Å². The molecule has 0 rings (SSSR count). The van der Waals surface area contributed by atoms with Crippen molar-refractivity contribution in [1.29, 1.82) is 0 Å². The zero-order valence-corrected chi connectivity index (χ0v) is 13.0. The van der Waals surface area contributed by atoms with Gasteiger partial charge in [0.05, 0.1) is 0 Å². The van der Waals surface area contributed by atoms with Crippen molar-refractivity contribution in [3.8, 4) is 0 Å². The van der Waals surface area contributed by atoms with Crippen molar-refractivity contribution in [3.05, 3.63) is 0 Å². The van der Waals surface area contributed by atoms with Crippen LogP contribution in [0, 0.1) is 0 Å². The van der Waals surface area contributed by atoms with Gasteiger partial charge in [-0.2, -0.15) is 0 Å². The number of rotatable bonds is 4. The molecule has 5 N–H and O–H groups in total. The van der Waals surface area contributed by atoms with Gasteiger partial charge in [-0.25, -0.2) is 0 Å². The highest BCUT2D eigenvalue weighted by Crippen LogP contribution is 1.49. The fourth-order valence-electron chi connectivity index (χ4n) is 0.329. The van der Waals surface area contributed by atoms with Crippen molar-refractivity contribution in [2.45, 2.75) is 0 Å². The van der Waals surface area contributed by atoms with Crippen LogP contribution >= 0.6 is 67.9 Å². The van der Waals surface area contributed by atoms with Gasteiger partial charge in [0.1, 0.15) is 0 Å². The van der Waals surface area contributed by atoms with E-state index in [9.17, 15) is 0 Å². The van der Waals surface area contributed by atoms with E-state index in [1.54, 1.807) is 0 Å². The first-order valence-corrected chi connectivity index (χ1v) is 2.52. The van der Waals surface area contributed by atoms with Gasteiger partial charge in [0.2, 0.25) is 0 Å². The highest BCUT2D eigenvalue weighted by molar-refractivity contribution is 8.93. The average molecular weight is 427 g/mol. The van der Waals surface area contributed by atoms with E-state index in [0.29, 0.717) is 13.1 Å². The third-order valence-corrected chi connectivity index (χ3v) is 0.642. The van der Waals surface area contributed by atoms with Crippen LogP contribution < -0.4 is 16.8 Å². The minimum atomic E-state index is 0. The van der Waals surface area contributed by atoms with Gasteiger partial charge in [0.25, 0.3) is 0 Å². The van der Waals surface area contributed by atoms with Crippen LogP contribution in [0.3, 0.4) is 0 Å². The van der Waals surface area contributed by atoms with Crippen LogP contribution in [0.5, 0.6) is 0 Å². The molecule has 0 aliphatic heterocycles. The van der Waals surface area contributed by atoms with Crippen molar-refractivity contribution in [3.63, 3.8) is 0 Å². The van der Waals surface area contributed by atoms with Gasteiger partial charge in [-0.05, 0) is 0 Å². The molecular weight excluding hydrogens is 410 g/mol. The van der Waals surface area contributed by atoms with Gasteiger partial charge in [0, 0.05) is 26.2 Å². The molecule has 0 radical (unpaired) electrons. The topological polar surface area (TPSA) is 64.1 Å². The quantitative estimate of drug-likeness (QED) is 0.583. The molecule has 3 nitrogen and oxygen atoms in total. The zero-order chi connectivity index (χ0) is 5.54. The normalized spacial score (nSPS) is 6.00. The molecule has 0 aromatic heterocycles. The molecule has 0 aromatic carbocycles. The van der Waals surface area contributed by atoms with Crippen LogP contribution in [-0.2, 0) is 0 Å².